The predicted octanol–water partition coefficient (Wildman–Crippen LogP) is 2.59. The average Bonchev–Trinajstić information content (AvgIpc) is 3.35. The van der Waals surface area contributed by atoms with Crippen LogP contribution in [0.5, 0.6) is 0 Å². The molecular weight excluding hydrogens is 336 g/mol. The van der Waals surface area contributed by atoms with Crippen LogP contribution in [0.2, 0.25) is 0 Å². The Morgan fingerprint density at radius 1 is 1.08 bits per heavy atom. The molecule has 0 bridgehead atoms. The van der Waals surface area contributed by atoms with Gasteiger partial charge in [0.15, 0.2) is 11.5 Å². The van der Waals surface area contributed by atoms with Gasteiger partial charge in [-0.1, -0.05) is 17.7 Å². The van der Waals surface area contributed by atoms with Crippen molar-refractivity contribution in [2.45, 2.75) is 19.1 Å². The molecule has 0 saturated heterocycles. The lowest BCUT2D eigenvalue weighted by atomic mass is 10.1. The Morgan fingerprint density at radius 3 is 2.31 bits per heavy atom. The number of quaternary nitrogens is 1. The number of anilines is 1. The molecule has 132 valence electrons. The standard InChI is InChI=1S/C18H16N4O4/c1-12-6-8-13(9-7-12)21-17(15-5-3-11-26-15)19-16(14-4-2-10-25-14)18(20-21)22(23)24/h2-11,16-17,19H,1H3/p+1/t16-,17-/m1/s1. The monoisotopic (exact) mass is 353 g/mol. The van der Waals surface area contributed by atoms with E-state index in [2.05, 4.69) is 5.10 Å². The van der Waals surface area contributed by atoms with Crippen LogP contribution < -0.4 is 10.3 Å². The number of hydrogen-bond acceptors (Lipinski definition) is 6. The van der Waals surface area contributed by atoms with E-state index in [4.69, 9.17) is 8.83 Å². The molecule has 2 N–H and O–H groups in total. The smallest absolute Gasteiger partial charge is 0.430 e. The Morgan fingerprint density at radius 2 is 1.73 bits per heavy atom. The van der Waals surface area contributed by atoms with Crippen molar-refractivity contribution in [1.82, 2.24) is 0 Å². The van der Waals surface area contributed by atoms with Crippen molar-refractivity contribution in [1.29, 1.82) is 0 Å². The number of aryl methyl sites for hydroxylation is 1. The first kappa shape index (κ1) is 16.1. The zero-order chi connectivity index (χ0) is 18.1. The quantitative estimate of drug-likeness (QED) is 0.576. The number of rotatable bonds is 3. The van der Waals surface area contributed by atoms with Gasteiger partial charge < -0.3 is 18.9 Å². The van der Waals surface area contributed by atoms with Crippen molar-refractivity contribution in [3.8, 4) is 0 Å². The third-order valence-corrected chi connectivity index (χ3v) is 4.30. The van der Waals surface area contributed by atoms with E-state index in [0.717, 1.165) is 11.3 Å². The number of amidine groups is 1. The lowest BCUT2D eigenvalue weighted by molar-refractivity contribution is -0.732. The number of hydrogen-bond donors (Lipinski definition) is 1. The molecule has 2 aromatic heterocycles. The van der Waals surface area contributed by atoms with Gasteiger partial charge in [-0.05, 0) is 48.2 Å². The minimum Gasteiger partial charge on any atom is -0.462 e. The highest BCUT2D eigenvalue weighted by Gasteiger charge is 2.47. The molecule has 1 aliphatic rings. The molecule has 3 heterocycles. The van der Waals surface area contributed by atoms with Gasteiger partial charge in [0.2, 0.25) is 0 Å². The molecule has 0 amide bonds. The summed E-state index contributed by atoms with van der Waals surface area (Å²) in [5, 5.41) is 19.4. The zero-order valence-corrected chi connectivity index (χ0v) is 14.0. The molecule has 1 aliphatic heterocycles. The molecule has 0 unspecified atom stereocenters. The number of furan rings is 2. The molecule has 8 nitrogen and oxygen atoms in total. The number of nitro groups is 1. The highest BCUT2D eigenvalue weighted by Crippen LogP contribution is 2.29. The van der Waals surface area contributed by atoms with E-state index in [0.29, 0.717) is 11.5 Å². The van der Waals surface area contributed by atoms with Crippen LogP contribution in [0.3, 0.4) is 0 Å². The highest BCUT2D eigenvalue weighted by molar-refractivity contribution is 5.81. The van der Waals surface area contributed by atoms with Crippen LogP contribution in [0.1, 0.15) is 29.3 Å². The van der Waals surface area contributed by atoms with Crippen LogP contribution in [-0.4, -0.2) is 10.8 Å². The molecule has 8 heteroatoms. The molecule has 0 saturated carbocycles. The van der Waals surface area contributed by atoms with Crippen LogP contribution in [0.4, 0.5) is 5.69 Å². The van der Waals surface area contributed by atoms with Gasteiger partial charge in [-0.15, -0.1) is 5.01 Å². The van der Waals surface area contributed by atoms with E-state index in [-0.39, 0.29) is 5.84 Å². The van der Waals surface area contributed by atoms with Gasteiger partial charge in [0.05, 0.1) is 23.3 Å². The van der Waals surface area contributed by atoms with Gasteiger partial charge in [0, 0.05) is 0 Å². The van der Waals surface area contributed by atoms with Crippen LogP contribution in [0.25, 0.3) is 0 Å². The van der Waals surface area contributed by atoms with Gasteiger partial charge in [-0.25, -0.2) is 0 Å². The number of nitrogens with two attached hydrogens (primary N) is 1. The summed E-state index contributed by atoms with van der Waals surface area (Å²) in [7, 11) is 0. The van der Waals surface area contributed by atoms with Crippen LogP contribution in [0.15, 0.2) is 75.0 Å². The van der Waals surface area contributed by atoms with Crippen molar-refractivity contribution >= 4 is 11.5 Å². The van der Waals surface area contributed by atoms with Crippen molar-refractivity contribution < 1.29 is 19.1 Å². The summed E-state index contributed by atoms with van der Waals surface area (Å²) in [4.78, 5) is 11.2. The third-order valence-electron chi connectivity index (χ3n) is 4.30. The second-order valence-electron chi connectivity index (χ2n) is 6.04. The van der Waals surface area contributed by atoms with E-state index < -0.39 is 17.1 Å². The summed E-state index contributed by atoms with van der Waals surface area (Å²) in [6.07, 6.45) is 2.67. The molecule has 2 atom stereocenters. The summed E-state index contributed by atoms with van der Waals surface area (Å²) < 4.78 is 11.0. The van der Waals surface area contributed by atoms with E-state index >= 15 is 0 Å². The first-order chi connectivity index (χ1) is 12.6. The van der Waals surface area contributed by atoms with E-state index in [9.17, 15) is 10.1 Å². The van der Waals surface area contributed by atoms with E-state index in [1.165, 1.54) is 6.26 Å². The fraction of sp³-hybridized carbons (Fsp3) is 0.167. The van der Waals surface area contributed by atoms with Gasteiger partial charge in [0.25, 0.3) is 12.2 Å². The molecule has 1 aromatic carbocycles. The molecule has 0 fully saturated rings. The maximum atomic E-state index is 11.6. The normalized spacial score (nSPS) is 20.0. The van der Waals surface area contributed by atoms with Gasteiger partial charge in [-0.2, -0.15) is 0 Å². The Kier molecular flexibility index (Phi) is 4.02. The lowest BCUT2D eigenvalue weighted by Crippen LogP contribution is -2.92. The number of nitrogens with zero attached hydrogens (tertiary/aromatic N) is 3. The summed E-state index contributed by atoms with van der Waals surface area (Å²) in [6, 6.07) is 14.0. The third kappa shape index (κ3) is 2.86. The molecule has 4 rings (SSSR count). The van der Waals surface area contributed by atoms with Gasteiger partial charge in [0.1, 0.15) is 0 Å². The molecule has 0 aliphatic carbocycles. The molecule has 26 heavy (non-hydrogen) atoms. The Balaban J connectivity index is 1.83. The van der Waals surface area contributed by atoms with Crippen molar-refractivity contribution in [2.75, 3.05) is 5.01 Å². The zero-order valence-electron chi connectivity index (χ0n) is 14.0. The minimum atomic E-state index is -0.670. The first-order valence-electron chi connectivity index (χ1n) is 8.14. The number of hydrazone groups is 1. The van der Waals surface area contributed by atoms with E-state index in [1.807, 2.05) is 42.6 Å². The Bertz CT molecular complexity index is 917. The minimum absolute atomic E-state index is 0.191. The van der Waals surface area contributed by atoms with Crippen molar-refractivity contribution in [3.63, 3.8) is 0 Å². The largest absolute Gasteiger partial charge is 0.462 e. The SMILES string of the molecule is Cc1ccc(N2N=C([N+](=O)[O-])[C@@H](c3ccco3)[NH2+][C@H]2c2ccco2)cc1. The summed E-state index contributed by atoms with van der Waals surface area (Å²) in [5.41, 5.74) is 1.83. The van der Waals surface area contributed by atoms with Gasteiger partial charge in [-0.3, -0.25) is 5.32 Å². The molecule has 0 radical (unpaired) electrons. The van der Waals surface area contributed by atoms with Crippen LogP contribution >= 0.6 is 0 Å². The molecule has 0 spiro atoms. The fourth-order valence-corrected chi connectivity index (χ4v) is 3.02. The molecular formula is C18H17N4O4+. The van der Waals surface area contributed by atoms with Crippen molar-refractivity contribution in [2.24, 2.45) is 5.10 Å². The Labute approximate surface area is 148 Å². The first-order valence-corrected chi connectivity index (χ1v) is 8.14. The predicted molar refractivity (Wildman–Crippen MR) is 92.9 cm³/mol. The second-order valence-corrected chi connectivity index (χ2v) is 6.04. The van der Waals surface area contributed by atoms with Gasteiger partial charge >= 0.3 is 5.84 Å². The summed E-state index contributed by atoms with van der Waals surface area (Å²) >= 11 is 0. The topological polar surface area (TPSA) is 102 Å². The lowest BCUT2D eigenvalue weighted by Gasteiger charge is -2.27. The maximum Gasteiger partial charge on any atom is 0.430 e. The summed E-state index contributed by atoms with van der Waals surface area (Å²) in [5.74, 6) is 0.928. The highest BCUT2D eigenvalue weighted by atomic mass is 16.6. The van der Waals surface area contributed by atoms with Crippen LogP contribution in [-0.2, 0) is 0 Å². The number of benzene rings is 1. The molecule has 3 aromatic rings. The maximum absolute atomic E-state index is 11.6. The second kappa shape index (κ2) is 6.49. The van der Waals surface area contributed by atoms with Crippen LogP contribution in [0, 0.1) is 17.0 Å². The van der Waals surface area contributed by atoms with Crippen molar-refractivity contribution in [3.05, 3.63) is 88.3 Å². The Hall–Kier alpha value is -3.39. The van der Waals surface area contributed by atoms with E-state index in [1.54, 1.807) is 29.5 Å². The summed E-state index contributed by atoms with van der Waals surface area (Å²) in [6.45, 7) is 1.98. The fourth-order valence-electron chi connectivity index (χ4n) is 3.02. The average molecular weight is 353 g/mol.